The molecule has 0 atom stereocenters. The fourth-order valence-corrected chi connectivity index (χ4v) is 0.546. The van der Waals surface area contributed by atoms with E-state index in [-0.39, 0.29) is 0 Å². The highest BCUT2D eigenvalue weighted by Crippen LogP contribution is 2.16. The summed E-state index contributed by atoms with van der Waals surface area (Å²) in [6, 6.07) is -4.31. The van der Waals surface area contributed by atoms with Crippen LogP contribution in [0.1, 0.15) is 18.8 Å². The molecule has 0 fully saturated rings. The molecule has 0 amide bonds. The van der Waals surface area contributed by atoms with Gasteiger partial charge in [0.2, 0.25) is 0 Å². The minimum atomic E-state index is -4.29. The monoisotopic (exact) mass is 177 g/mol. The van der Waals surface area contributed by atoms with Crippen LogP contribution in [0.5, 0.6) is 0 Å². The molecule has 64 valence electrons. The minimum absolute atomic E-state index is 0.798. The van der Waals surface area contributed by atoms with Gasteiger partial charge >= 0.3 is 7.12 Å². The normalized spacial score (nSPS) is 17.2. The summed E-state index contributed by atoms with van der Waals surface area (Å²) in [6.07, 6.45) is -4.29. The van der Waals surface area contributed by atoms with Gasteiger partial charge in [-0.05, 0) is 5.46 Å². The zero-order valence-corrected chi connectivity index (χ0v) is 5.73. The van der Waals surface area contributed by atoms with Gasteiger partial charge in [-0.15, -0.1) is 0 Å². The number of rotatable bonds is 2. The van der Waals surface area contributed by atoms with Gasteiger partial charge in [0, 0.05) is 5.56 Å². The van der Waals surface area contributed by atoms with Gasteiger partial charge in [0.1, 0.15) is 1.37 Å². The number of alkyl halides is 2. The van der Waals surface area contributed by atoms with Gasteiger partial charge in [0.15, 0.2) is 0 Å². The lowest BCUT2D eigenvalue weighted by atomic mass is 9.80. The maximum Gasteiger partial charge on any atom is 0.488 e. The number of hydrogen-bond donors (Lipinski definition) is 2. The second-order valence-corrected chi connectivity index (χ2v) is 1.92. The number of halogens is 2. The van der Waals surface area contributed by atoms with Crippen LogP contribution in [0.15, 0.2) is 24.2 Å². The molecule has 12 heavy (non-hydrogen) atoms. The van der Waals surface area contributed by atoms with Crippen molar-refractivity contribution in [1.82, 2.24) is 0 Å². The van der Waals surface area contributed by atoms with Crippen molar-refractivity contribution in [2.45, 2.75) is 6.40 Å². The molecule has 5 heteroatoms. The van der Waals surface area contributed by atoms with Crippen molar-refractivity contribution >= 4 is 12.6 Å². The third-order valence-corrected chi connectivity index (χ3v) is 1.09. The molecule has 1 rings (SSSR count). The van der Waals surface area contributed by atoms with Gasteiger partial charge in [0.25, 0.3) is 6.40 Å². The predicted octanol–water partition coefficient (Wildman–Crippen LogP) is 0.304. The highest BCUT2D eigenvalue weighted by molar-refractivity contribution is 6.58. The fraction of sp³-hybridized carbons (Fsp3) is 0.143. The third-order valence-electron chi connectivity index (χ3n) is 1.09. The van der Waals surface area contributed by atoms with Crippen LogP contribution in [0.2, 0.25) is 0 Å². The first-order valence-electron chi connectivity index (χ1n) is 5.43. The summed E-state index contributed by atoms with van der Waals surface area (Å²) in [7, 11) is -2.31. The van der Waals surface area contributed by atoms with Crippen molar-refractivity contribution in [3.63, 3.8) is 0 Å². The Hall–Kier alpha value is -0.935. The quantitative estimate of drug-likeness (QED) is 0.638. The highest BCUT2D eigenvalue weighted by Gasteiger charge is 2.12. The van der Waals surface area contributed by atoms with E-state index in [0.29, 0.717) is 0 Å². The van der Waals surface area contributed by atoms with E-state index in [4.69, 9.17) is 16.9 Å². The first-order chi connectivity index (χ1) is 7.59. The van der Waals surface area contributed by atoms with E-state index in [9.17, 15) is 8.78 Å². The van der Waals surface area contributed by atoms with Gasteiger partial charge in [0.05, 0.1) is 5.48 Å². The summed E-state index contributed by atoms with van der Waals surface area (Å²) in [5, 5.41) is 17.7. The maximum atomic E-state index is 12.8. The largest absolute Gasteiger partial charge is 0.488 e. The van der Waals surface area contributed by atoms with E-state index in [1.54, 1.807) is 0 Å². The smallest absolute Gasteiger partial charge is 0.423 e. The van der Waals surface area contributed by atoms with Gasteiger partial charge in [-0.3, -0.25) is 0 Å². The average molecular weight is 177 g/mol. The summed E-state index contributed by atoms with van der Waals surface area (Å²) < 4.78 is 61.0. The topological polar surface area (TPSA) is 40.5 Å². The zero-order chi connectivity index (χ0) is 13.5. The van der Waals surface area contributed by atoms with E-state index in [2.05, 4.69) is 0 Å². The van der Waals surface area contributed by atoms with E-state index < -0.39 is 48.7 Å². The minimum Gasteiger partial charge on any atom is -0.423 e. The van der Waals surface area contributed by atoms with Crippen molar-refractivity contribution < 1.29 is 25.7 Å². The molecule has 0 heterocycles. The molecule has 2 nitrogen and oxygen atoms in total. The summed E-state index contributed by atoms with van der Waals surface area (Å²) in [4.78, 5) is 0. The van der Waals surface area contributed by atoms with Crippen LogP contribution in [0.3, 0.4) is 0 Å². The Morgan fingerprint density at radius 2 is 1.83 bits per heavy atom. The van der Waals surface area contributed by atoms with Crippen LogP contribution in [-0.2, 0) is 0 Å². The highest BCUT2D eigenvalue weighted by atomic mass is 19.3. The Kier molecular flexibility index (Phi) is 1.32. The van der Waals surface area contributed by atoms with Gasteiger partial charge in [-0.2, -0.15) is 0 Å². The van der Waals surface area contributed by atoms with Gasteiger partial charge in [-0.1, -0.05) is 24.2 Å². The number of hydrogen-bond acceptors (Lipinski definition) is 2. The second-order valence-electron chi connectivity index (χ2n) is 1.92. The summed E-state index contributed by atoms with van der Waals surface area (Å²) >= 11 is 0. The molecule has 2 N–H and O–H groups in total. The van der Waals surface area contributed by atoms with E-state index >= 15 is 0 Å². The first-order valence-corrected chi connectivity index (χ1v) is 2.93. The van der Waals surface area contributed by atoms with E-state index in [1.165, 1.54) is 0 Å². The molecule has 0 aromatic heterocycles. The molecular weight excluding hydrogens is 165 g/mol. The van der Waals surface area contributed by atoms with E-state index in [0.717, 1.165) is 0 Å². The molecule has 0 spiro atoms. The Bertz CT molecular complexity index is 434. The molecular formula is C7H7BF2O2. The average Bonchev–Trinajstić information content (AvgIpc) is 2.12. The fourth-order valence-electron chi connectivity index (χ4n) is 0.546. The first kappa shape index (κ1) is 4.34. The lowest BCUT2D eigenvalue weighted by Crippen LogP contribution is -2.29. The molecule has 0 saturated carbocycles. The van der Waals surface area contributed by atoms with Crippen LogP contribution >= 0.6 is 0 Å². The molecule has 0 aliphatic heterocycles. The van der Waals surface area contributed by atoms with Crippen LogP contribution in [-0.4, -0.2) is 17.2 Å². The van der Waals surface area contributed by atoms with Gasteiger partial charge < -0.3 is 10.0 Å². The van der Waals surface area contributed by atoms with Crippen molar-refractivity contribution in [3.05, 3.63) is 29.7 Å². The zero-order valence-electron chi connectivity index (χ0n) is 10.7. The molecule has 0 radical (unpaired) electrons. The van der Waals surface area contributed by atoms with Crippen molar-refractivity contribution in [2.75, 3.05) is 0 Å². The molecule has 0 aliphatic rings. The maximum absolute atomic E-state index is 12.8. The van der Waals surface area contributed by atoms with Crippen molar-refractivity contribution in [3.8, 4) is 0 Å². The molecule has 1 aromatic carbocycles. The second kappa shape index (κ2) is 3.64. The molecule has 0 saturated heterocycles. The molecule has 0 bridgehead atoms. The molecule has 0 unspecified atom stereocenters. The van der Waals surface area contributed by atoms with Crippen LogP contribution < -0.4 is 5.46 Å². The van der Waals surface area contributed by atoms with Crippen LogP contribution in [0.4, 0.5) is 8.78 Å². The summed E-state index contributed by atoms with van der Waals surface area (Å²) in [6.45, 7) is 0. The van der Waals surface area contributed by atoms with Crippen molar-refractivity contribution in [2.24, 2.45) is 0 Å². The molecule has 0 aliphatic carbocycles. The number of benzene rings is 1. The van der Waals surface area contributed by atoms with Crippen molar-refractivity contribution in [1.29, 1.82) is 0 Å². The Morgan fingerprint density at radius 3 is 2.17 bits per heavy atom. The van der Waals surface area contributed by atoms with Gasteiger partial charge in [-0.25, -0.2) is 8.78 Å². The SMILES string of the molecule is [2H]c1c([2H])c(C([2H])(F)F)c([2H])c([2H])c1B(O)O. The standard InChI is InChI=1S/C7H7BF2O2/c9-7(10)5-1-3-6(4-2-5)8(11)12/h1-4,7,11-12H/i1D,2D,3D,4D,7D. The third kappa shape index (κ3) is 2.02. The lowest BCUT2D eigenvalue weighted by molar-refractivity contribution is 0.151. The van der Waals surface area contributed by atoms with Crippen LogP contribution in [0.25, 0.3) is 0 Å². The summed E-state index contributed by atoms with van der Waals surface area (Å²) in [5.41, 5.74) is -2.19. The van der Waals surface area contributed by atoms with E-state index in [1.807, 2.05) is 0 Å². The Morgan fingerprint density at radius 1 is 1.33 bits per heavy atom. The lowest BCUT2D eigenvalue weighted by Gasteiger charge is -2.01. The van der Waals surface area contributed by atoms with Crippen LogP contribution in [0, 0.1) is 0 Å². The summed E-state index contributed by atoms with van der Waals surface area (Å²) in [5.74, 6) is 0. The predicted molar refractivity (Wildman–Crippen MR) is 41.2 cm³/mol. The Balaban J connectivity index is 3.71. The Labute approximate surface area is 75.6 Å². The molecule has 1 aromatic rings.